The molecule has 0 aliphatic rings. The Labute approximate surface area is 114 Å². The third-order valence-electron chi connectivity index (χ3n) is 2.88. The Morgan fingerprint density at radius 2 is 2.11 bits per heavy atom. The first-order valence-corrected chi connectivity index (χ1v) is 7.48. The number of thiophene rings is 1. The van der Waals surface area contributed by atoms with Crippen molar-refractivity contribution in [2.75, 3.05) is 6.54 Å². The van der Waals surface area contributed by atoms with Gasteiger partial charge in [0.05, 0.1) is 6.04 Å². The van der Waals surface area contributed by atoms with Crippen LogP contribution >= 0.6 is 11.3 Å². The minimum absolute atomic E-state index is 0.121. The highest BCUT2D eigenvalue weighted by Gasteiger charge is 2.19. The lowest BCUT2D eigenvalue weighted by molar-refractivity contribution is -0.122. The molecular weight excluding hydrogens is 244 g/mol. The molecule has 0 aliphatic heterocycles. The van der Waals surface area contributed by atoms with E-state index >= 15 is 0 Å². The highest BCUT2D eigenvalue weighted by molar-refractivity contribution is 7.10. The number of carbonyl (C=O) groups excluding carboxylic acids is 1. The van der Waals surface area contributed by atoms with Gasteiger partial charge in [-0.05, 0) is 30.8 Å². The van der Waals surface area contributed by atoms with Gasteiger partial charge in [-0.2, -0.15) is 0 Å². The van der Waals surface area contributed by atoms with Gasteiger partial charge in [0.1, 0.15) is 0 Å². The number of amides is 1. The molecule has 0 saturated carbocycles. The SMILES string of the molecule is CCNC(C)CC(=O)NC(c1cccs1)C(C)C. The smallest absolute Gasteiger partial charge is 0.222 e. The molecule has 0 aromatic carbocycles. The van der Waals surface area contributed by atoms with Gasteiger partial charge in [-0.3, -0.25) is 4.79 Å². The molecule has 0 radical (unpaired) electrons. The predicted octanol–water partition coefficient (Wildman–Crippen LogP) is 2.95. The summed E-state index contributed by atoms with van der Waals surface area (Å²) in [7, 11) is 0. The van der Waals surface area contributed by atoms with Crippen LogP contribution in [-0.2, 0) is 4.79 Å². The molecule has 102 valence electrons. The van der Waals surface area contributed by atoms with Gasteiger partial charge in [-0.15, -0.1) is 11.3 Å². The van der Waals surface area contributed by atoms with E-state index in [0.29, 0.717) is 12.3 Å². The van der Waals surface area contributed by atoms with Gasteiger partial charge in [0, 0.05) is 17.3 Å². The van der Waals surface area contributed by atoms with E-state index in [1.165, 1.54) is 4.88 Å². The van der Waals surface area contributed by atoms with E-state index in [1.807, 2.05) is 13.0 Å². The highest BCUT2D eigenvalue weighted by atomic mass is 32.1. The first-order chi connectivity index (χ1) is 8.54. The predicted molar refractivity (Wildman–Crippen MR) is 77.8 cm³/mol. The molecule has 4 heteroatoms. The second-order valence-corrected chi connectivity index (χ2v) is 5.95. The summed E-state index contributed by atoms with van der Waals surface area (Å²) < 4.78 is 0. The fourth-order valence-electron chi connectivity index (χ4n) is 1.97. The maximum absolute atomic E-state index is 12.0. The topological polar surface area (TPSA) is 41.1 Å². The van der Waals surface area contributed by atoms with Crippen LogP contribution in [0.3, 0.4) is 0 Å². The Hall–Kier alpha value is -0.870. The molecule has 1 aromatic rings. The summed E-state index contributed by atoms with van der Waals surface area (Å²) in [4.78, 5) is 13.2. The first kappa shape index (κ1) is 15.2. The van der Waals surface area contributed by atoms with E-state index in [1.54, 1.807) is 11.3 Å². The van der Waals surface area contributed by atoms with Crippen LogP contribution in [0.4, 0.5) is 0 Å². The normalized spacial score (nSPS) is 14.5. The largest absolute Gasteiger partial charge is 0.348 e. The molecule has 1 heterocycles. The van der Waals surface area contributed by atoms with Crippen molar-refractivity contribution in [2.24, 2.45) is 5.92 Å². The van der Waals surface area contributed by atoms with Crippen molar-refractivity contribution >= 4 is 17.2 Å². The lowest BCUT2D eigenvalue weighted by Crippen LogP contribution is -2.36. The van der Waals surface area contributed by atoms with Crippen LogP contribution in [0.2, 0.25) is 0 Å². The van der Waals surface area contributed by atoms with E-state index in [-0.39, 0.29) is 18.0 Å². The van der Waals surface area contributed by atoms with Crippen molar-refractivity contribution in [2.45, 2.75) is 46.2 Å². The van der Waals surface area contributed by atoms with Crippen molar-refractivity contribution in [3.05, 3.63) is 22.4 Å². The first-order valence-electron chi connectivity index (χ1n) is 6.60. The van der Waals surface area contributed by atoms with Crippen LogP contribution < -0.4 is 10.6 Å². The molecule has 18 heavy (non-hydrogen) atoms. The fourth-order valence-corrected chi connectivity index (χ4v) is 2.91. The molecule has 1 amide bonds. The van der Waals surface area contributed by atoms with Gasteiger partial charge < -0.3 is 10.6 Å². The summed E-state index contributed by atoms with van der Waals surface area (Å²) in [5.41, 5.74) is 0. The molecule has 1 aromatic heterocycles. The maximum atomic E-state index is 12.0. The van der Waals surface area contributed by atoms with E-state index in [0.717, 1.165) is 6.54 Å². The number of nitrogens with one attached hydrogen (secondary N) is 2. The lowest BCUT2D eigenvalue weighted by Gasteiger charge is -2.22. The number of hydrogen-bond acceptors (Lipinski definition) is 3. The fraction of sp³-hybridized carbons (Fsp3) is 0.643. The van der Waals surface area contributed by atoms with Gasteiger partial charge in [0.2, 0.25) is 5.91 Å². The summed E-state index contributed by atoms with van der Waals surface area (Å²) in [6, 6.07) is 4.48. The summed E-state index contributed by atoms with van der Waals surface area (Å²) in [5, 5.41) is 8.45. The second kappa shape index (κ2) is 7.54. The summed E-state index contributed by atoms with van der Waals surface area (Å²) >= 11 is 1.70. The van der Waals surface area contributed by atoms with Crippen LogP contribution in [0.25, 0.3) is 0 Å². The molecule has 0 fully saturated rings. The van der Waals surface area contributed by atoms with E-state index in [9.17, 15) is 4.79 Å². The van der Waals surface area contributed by atoms with Crippen LogP contribution in [0.15, 0.2) is 17.5 Å². The zero-order chi connectivity index (χ0) is 13.5. The van der Waals surface area contributed by atoms with Crippen molar-refractivity contribution in [1.29, 1.82) is 0 Å². The van der Waals surface area contributed by atoms with Crippen LogP contribution in [-0.4, -0.2) is 18.5 Å². The zero-order valence-corrected chi connectivity index (χ0v) is 12.5. The standard InChI is InChI=1S/C14H24N2OS/c1-5-15-11(4)9-13(17)16-14(10(2)3)12-7-6-8-18-12/h6-8,10-11,14-15H,5,9H2,1-4H3,(H,16,17). The Balaban J connectivity index is 2.54. The molecule has 2 N–H and O–H groups in total. The van der Waals surface area contributed by atoms with Crippen LogP contribution in [0.5, 0.6) is 0 Å². The molecule has 2 atom stereocenters. The van der Waals surface area contributed by atoms with Gasteiger partial charge in [-0.1, -0.05) is 26.8 Å². The van der Waals surface area contributed by atoms with E-state index < -0.39 is 0 Å². The average molecular weight is 268 g/mol. The molecule has 0 saturated heterocycles. The number of hydrogen-bond donors (Lipinski definition) is 2. The Morgan fingerprint density at radius 3 is 2.61 bits per heavy atom. The highest BCUT2D eigenvalue weighted by Crippen LogP contribution is 2.25. The molecule has 0 bridgehead atoms. The second-order valence-electron chi connectivity index (χ2n) is 4.97. The molecule has 0 aliphatic carbocycles. The van der Waals surface area contributed by atoms with Crippen molar-refractivity contribution in [3.63, 3.8) is 0 Å². The maximum Gasteiger partial charge on any atom is 0.222 e. The van der Waals surface area contributed by atoms with Gasteiger partial charge in [0.15, 0.2) is 0 Å². The zero-order valence-electron chi connectivity index (χ0n) is 11.7. The third-order valence-corrected chi connectivity index (χ3v) is 3.83. The van der Waals surface area contributed by atoms with E-state index in [2.05, 4.69) is 42.9 Å². The van der Waals surface area contributed by atoms with Gasteiger partial charge in [0.25, 0.3) is 0 Å². The average Bonchev–Trinajstić information content (AvgIpc) is 2.78. The summed E-state index contributed by atoms with van der Waals surface area (Å²) in [6.45, 7) is 9.26. The van der Waals surface area contributed by atoms with Crippen molar-refractivity contribution in [1.82, 2.24) is 10.6 Å². The number of carbonyl (C=O) groups is 1. The Morgan fingerprint density at radius 1 is 1.39 bits per heavy atom. The molecular formula is C14H24N2OS. The monoisotopic (exact) mass is 268 g/mol. The van der Waals surface area contributed by atoms with Gasteiger partial charge >= 0.3 is 0 Å². The number of rotatable bonds is 7. The Bertz CT molecular complexity index is 349. The van der Waals surface area contributed by atoms with Crippen LogP contribution in [0, 0.1) is 5.92 Å². The Kier molecular flexibility index (Phi) is 6.36. The van der Waals surface area contributed by atoms with Gasteiger partial charge in [-0.25, -0.2) is 0 Å². The van der Waals surface area contributed by atoms with Crippen molar-refractivity contribution < 1.29 is 4.79 Å². The van der Waals surface area contributed by atoms with Crippen molar-refractivity contribution in [3.8, 4) is 0 Å². The summed E-state index contributed by atoms with van der Waals surface area (Å²) in [6.07, 6.45) is 0.530. The third kappa shape index (κ3) is 4.78. The van der Waals surface area contributed by atoms with Crippen LogP contribution in [0.1, 0.15) is 45.0 Å². The molecule has 3 nitrogen and oxygen atoms in total. The molecule has 2 unspecified atom stereocenters. The lowest BCUT2D eigenvalue weighted by atomic mass is 10.0. The molecule has 0 spiro atoms. The quantitative estimate of drug-likeness (QED) is 0.798. The summed E-state index contributed by atoms with van der Waals surface area (Å²) in [5.74, 6) is 0.526. The minimum atomic E-state index is 0.121. The van der Waals surface area contributed by atoms with E-state index in [4.69, 9.17) is 0 Å². The minimum Gasteiger partial charge on any atom is -0.348 e. The molecule has 1 rings (SSSR count).